The highest BCUT2D eigenvalue weighted by Gasteiger charge is 2.38. The average Bonchev–Trinajstić information content (AvgIpc) is 3.01. The molecule has 0 saturated carbocycles. The van der Waals surface area contributed by atoms with Gasteiger partial charge in [0.15, 0.2) is 0 Å². The Morgan fingerprint density at radius 2 is 1.66 bits per heavy atom. The zero-order valence-electron chi connectivity index (χ0n) is 19.3. The molecule has 2 aromatic carbocycles. The van der Waals surface area contributed by atoms with E-state index in [9.17, 15) is 9.59 Å². The molecule has 1 heterocycles. The summed E-state index contributed by atoms with van der Waals surface area (Å²) in [6.45, 7) is 10.1. The number of aryl methyl sites for hydroxylation is 1. The van der Waals surface area contributed by atoms with Crippen molar-refractivity contribution in [2.45, 2.75) is 34.1 Å². The fraction of sp³-hybridized carbons (Fsp3) is 0.385. The molecule has 0 aromatic heterocycles. The van der Waals surface area contributed by atoms with Crippen molar-refractivity contribution >= 4 is 23.1 Å². The predicted molar refractivity (Wildman–Crippen MR) is 126 cm³/mol. The molecular weight excluding hydrogens is 404 g/mol. The molecule has 0 unspecified atom stereocenters. The molecule has 2 amide bonds. The van der Waals surface area contributed by atoms with Gasteiger partial charge in [0.05, 0.1) is 12.2 Å². The van der Waals surface area contributed by atoms with E-state index in [2.05, 4.69) is 19.2 Å². The van der Waals surface area contributed by atoms with Crippen molar-refractivity contribution in [2.75, 3.05) is 31.7 Å². The van der Waals surface area contributed by atoms with Gasteiger partial charge in [0, 0.05) is 25.4 Å². The van der Waals surface area contributed by atoms with Crippen LogP contribution in [0.25, 0.3) is 5.57 Å². The maximum Gasteiger partial charge on any atom is 0.278 e. The lowest BCUT2D eigenvalue weighted by Crippen LogP contribution is -2.34. The minimum Gasteiger partial charge on any atom is -0.493 e. The number of amides is 2. The fourth-order valence-corrected chi connectivity index (χ4v) is 3.39. The molecule has 0 radical (unpaired) electrons. The summed E-state index contributed by atoms with van der Waals surface area (Å²) in [5, 5.41) is 3.19. The van der Waals surface area contributed by atoms with Crippen molar-refractivity contribution in [3.63, 3.8) is 0 Å². The summed E-state index contributed by atoms with van der Waals surface area (Å²) in [5.41, 5.74) is 3.24. The normalized spacial score (nSPS) is 14.0. The fourth-order valence-electron chi connectivity index (χ4n) is 3.39. The highest BCUT2D eigenvalue weighted by Crippen LogP contribution is 2.31. The molecule has 6 nitrogen and oxygen atoms in total. The third kappa shape index (κ3) is 5.77. The van der Waals surface area contributed by atoms with Crippen molar-refractivity contribution < 1.29 is 19.1 Å². The number of carbonyl (C=O) groups is 2. The monoisotopic (exact) mass is 436 g/mol. The first-order valence-electron chi connectivity index (χ1n) is 11.2. The third-order valence-corrected chi connectivity index (χ3v) is 5.09. The molecule has 0 fully saturated rings. The average molecular weight is 437 g/mol. The van der Waals surface area contributed by atoms with Crippen LogP contribution in [-0.2, 0) is 14.3 Å². The number of carbonyl (C=O) groups excluding carboxylic acids is 2. The smallest absolute Gasteiger partial charge is 0.278 e. The van der Waals surface area contributed by atoms with Gasteiger partial charge < -0.3 is 14.8 Å². The van der Waals surface area contributed by atoms with Crippen molar-refractivity contribution in [3.05, 3.63) is 65.4 Å². The van der Waals surface area contributed by atoms with Crippen LogP contribution in [0.4, 0.5) is 5.69 Å². The first-order valence-corrected chi connectivity index (χ1v) is 11.2. The van der Waals surface area contributed by atoms with Crippen LogP contribution in [0.2, 0.25) is 0 Å². The van der Waals surface area contributed by atoms with Gasteiger partial charge in [-0.15, -0.1) is 0 Å². The van der Waals surface area contributed by atoms with E-state index >= 15 is 0 Å². The van der Waals surface area contributed by atoms with E-state index in [0.717, 1.165) is 17.0 Å². The number of hydrogen-bond donors (Lipinski definition) is 1. The largest absolute Gasteiger partial charge is 0.493 e. The van der Waals surface area contributed by atoms with Gasteiger partial charge in [0.25, 0.3) is 11.8 Å². The molecule has 1 aliphatic rings. The summed E-state index contributed by atoms with van der Waals surface area (Å²) in [4.78, 5) is 27.8. The summed E-state index contributed by atoms with van der Waals surface area (Å²) < 4.78 is 11.1. The van der Waals surface area contributed by atoms with Crippen LogP contribution >= 0.6 is 0 Å². The Balaban J connectivity index is 1.88. The van der Waals surface area contributed by atoms with Crippen LogP contribution in [0.5, 0.6) is 5.75 Å². The third-order valence-electron chi connectivity index (χ3n) is 5.09. The van der Waals surface area contributed by atoms with Gasteiger partial charge >= 0.3 is 0 Å². The van der Waals surface area contributed by atoms with Crippen molar-refractivity contribution in [1.29, 1.82) is 0 Å². The molecule has 170 valence electrons. The van der Waals surface area contributed by atoms with Crippen LogP contribution in [0.1, 0.15) is 38.3 Å². The Labute approximate surface area is 190 Å². The molecule has 0 aliphatic carbocycles. The molecule has 0 bridgehead atoms. The molecular formula is C26H32N2O4. The Hall–Kier alpha value is -3.12. The maximum atomic E-state index is 13.3. The minimum absolute atomic E-state index is 0.294. The van der Waals surface area contributed by atoms with Crippen LogP contribution in [0.3, 0.4) is 0 Å². The van der Waals surface area contributed by atoms with Gasteiger partial charge in [-0.25, -0.2) is 0 Å². The molecule has 3 rings (SSSR count). The first-order chi connectivity index (χ1) is 15.4. The lowest BCUT2D eigenvalue weighted by Gasteiger charge is -2.15. The van der Waals surface area contributed by atoms with E-state index in [4.69, 9.17) is 9.47 Å². The number of ether oxygens (including phenoxy) is 2. The summed E-state index contributed by atoms with van der Waals surface area (Å²) in [5.74, 6) is 0.544. The highest BCUT2D eigenvalue weighted by atomic mass is 16.5. The highest BCUT2D eigenvalue weighted by molar-refractivity contribution is 6.36. The van der Waals surface area contributed by atoms with Crippen molar-refractivity contribution in [3.8, 4) is 5.75 Å². The van der Waals surface area contributed by atoms with Crippen LogP contribution in [0, 0.1) is 12.8 Å². The molecule has 1 N–H and O–H groups in total. The van der Waals surface area contributed by atoms with E-state index in [1.165, 1.54) is 4.90 Å². The number of benzene rings is 2. The van der Waals surface area contributed by atoms with Gasteiger partial charge in [-0.3, -0.25) is 14.5 Å². The topological polar surface area (TPSA) is 67.9 Å². The summed E-state index contributed by atoms with van der Waals surface area (Å²) in [6.07, 6.45) is 0.596. The summed E-state index contributed by atoms with van der Waals surface area (Å²) >= 11 is 0. The maximum absolute atomic E-state index is 13.3. The Morgan fingerprint density at radius 3 is 2.28 bits per heavy atom. The van der Waals surface area contributed by atoms with Gasteiger partial charge in [0.1, 0.15) is 11.4 Å². The SMILES string of the molecule is CCOCCCN1C(=O)C(Nc2ccc(C)cc2)=C(c2ccc(OCC(C)C)cc2)C1=O. The zero-order valence-corrected chi connectivity index (χ0v) is 19.3. The second kappa shape index (κ2) is 11.0. The minimum atomic E-state index is -0.317. The van der Waals surface area contributed by atoms with Gasteiger partial charge in [0.2, 0.25) is 0 Å². The van der Waals surface area contributed by atoms with Crippen LogP contribution in [0.15, 0.2) is 54.2 Å². The second-order valence-electron chi connectivity index (χ2n) is 8.28. The number of hydrogen-bond acceptors (Lipinski definition) is 5. The van der Waals surface area contributed by atoms with Crippen LogP contribution in [-0.4, -0.2) is 43.1 Å². The van der Waals surface area contributed by atoms with E-state index < -0.39 is 0 Å². The van der Waals surface area contributed by atoms with Crippen molar-refractivity contribution in [2.24, 2.45) is 5.92 Å². The molecule has 32 heavy (non-hydrogen) atoms. The molecule has 0 saturated heterocycles. The first kappa shape index (κ1) is 23.5. The molecule has 1 aliphatic heterocycles. The summed E-state index contributed by atoms with van der Waals surface area (Å²) in [7, 11) is 0. The number of nitrogens with zero attached hydrogens (tertiary/aromatic N) is 1. The number of rotatable bonds is 11. The lowest BCUT2D eigenvalue weighted by atomic mass is 10.0. The van der Waals surface area contributed by atoms with E-state index in [1.807, 2.05) is 62.4 Å². The Kier molecular flexibility index (Phi) is 8.06. The van der Waals surface area contributed by atoms with Crippen molar-refractivity contribution in [1.82, 2.24) is 4.90 Å². The Bertz CT molecular complexity index is 962. The summed E-state index contributed by atoms with van der Waals surface area (Å²) in [6, 6.07) is 15.1. The second-order valence-corrected chi connectivity index (χ2v) is 8.28. The number of nitrogens with one attached hydrogen (secondary N) is 1. The van der Waals surface area contributed by atoms with E-state index in [-0.39, 0.29) is 11.8 Å². The van der Waals surface area contributed by atoms with Gasteiger partial charge in [-0.2, -0.15) is 0 Å². The van der Waals surface area contributed by atoms with E-state index in [1.54, 1.807) is 0 Å². The van der Waals surface area contributed by atoms with Gasteiger partial charge in [-0.05, 0) is 56.0 Å². The lowest BCUT2D eigenvalue weighted by molar-refractivity contribution is -0.137. The molecule has 0 atom stereocenters. The zero-order chi connectivity index (χ0) is 23.1. The van der Waals surface area contributed by atoms with E-state index in [0.29, 0.717) is 55.5 Å². The number of anilines is 1. The predicted octanol–water partition coefficient (Wildman–Crippen LogP) is 4.65. The number of imide groups is 1. The standard InChI is InChI=1S/C26H32N2O4/c1-5-31-16-6-15-28-25(29)23(20-9-13-22(14-10-20)32-17-18(2)3)24(26(28)30)27-21-11-7-19(4)8-12-21/h7-14,18,27H,5-6,15-17H2,1-4H3. The molecule has 0 spiro atoms. The molecule has 2 aromatic rings. The van der Waals surface area contributed by atoms with Gasteiger partial charge in [-0.1, -0.05) is 43.7 Å². The Morgan fingerprint density at radius 1 is 0.969 bits per heavy atom. The molecule has 6 heteroatoms. The van der Waals surface area contributed by atoms with Crippen LogP contribution < -0.4 is 10.1 Å². The quantitative estimate of drug-likeness (QED) is 0.410.